The van der Waals surface area contributed by atoms with E-state index in [1.54, 1.807) is 0 Å². The molecule has 1 rings (SSSR count). The molecule has 0 aliphatic carbocycles. The molecule has 0 amide bonds. The molecule has 82 valence electrons. The number of hydrogen-bond acceptors (Lipinski definition) is 3. The third-order valence-corrected chi connectivity index (χ3v) is 2.65. The smallest absolute Gasteiger partial charge is 0.0823 e. The molecule has 1 aliphatic heterocycles. The Labute approximate surface area is 86.9 Å². The summed E-state index contributed by atoms with van der Waals surface area (Å²) in [4.78, 5) is 2.40. The summed E-state index contributed by atoms with van der Waals surface area (Å²) < 4.78 is 5.53. The number of ether oxygens (including phenoxy) is 1. The third-order valence-electron chi connectivity index (χ3n) is 2.65. The fraction of sp³-hybridized carbons (Fsp3) is 0.818. The zero-order valence-corrected chi connectivity index (χ0v) is 9.33. The Morgan fingerprint density at radius 2 is 2.43 bits per heavy atom. The third kappa shape index (κ3) is 3.78. The van der Waals surface area contributed by atoms with E-state index in [1.165, 1.54) is 12.0 Å². The van der Waals surface area contributed by atoms with Gasteiger partial charge in [0.15, 0.2) is 0 Å². The van der Waals surface area contributed by atoms with E-state index in [9.17, 15) is 0 Å². The molecule has 0 aromatic heterocycles. The SMILES string of the molecule is CCOC(CN)CN1CC=C(C)CC1. The van der Waals surface area contributed by atoms with E-state index >= 15 is 0 Å². The van der Waals surface area contributed by atoms with Crippen molar-refractivity contribution in [1.29, 1.82) is 0 Å². The number of hydrogen-bond donors (Lipinski definition) is 1. The molecule has 0 saturated carbocycles. The molecule has 3 nitrogen and oxygen atoms in total. The summed E-state index contributed by atoms with van der Waals surface area (Å²) in [7, 11) is 0. The summed E-state index contributed by atoms with van der Waals surface area (Å²) in [5.74, 6) is 0. The molecule has 1 atom stereocenters. The molecule has 0 spiro atoms. The van der Waals surface area contributed by atoms with Gasteiger partial charge in [-0.25, -0.2) is 0 Å². The quantitative estimate of drug-likeness (QED) is 0.670. The van der Waals surface area contributed by atoms with Gasteiger partial charge in [-0.2, -0.15) is 0 Å². The maximum atomic E-state index is 5.64. The van der Waals surface area contributed by atoms with Crippen LogP contribution >= 0.6 is 0 Å². The summed E-state index contributed by atoms with van der Waals surface area (Å²) in [6.45, 7) is 8.75. The zero-order chi connectivity index (χ0) is 10.4. The normalized spacial score (nSPS) is 20.6. The average molecular weight is 198 g/mol. The van der Waals surface area contributed by atoms with Crippen LogP contribution in [-0.2, 0) is 4.74 Å². The van der Waals surface area contributed by atoms with Crippen LogP contribution in [0.2, 0.25) is 0 Å². The van der Waals surface area contributed by atoms with E-state index in [1.807, 2.05) is 6.92 Å². The highest BCUT2D eigenvalue weighted by molar-refractivity contribution is 5.03. The molecule has 0 aromatic carbocycles. The van der Waals surface area contributed by atoms with Gasteiger partial charge in [-0.3, -0.25) is 4.90 Å². The lowest BCUT2D eigenvalue weighted by molar-refractivity contribution is 0.0412. The van der Waals surface area contributed by atoms with Gasteiger partial charge in [0.1, 0.15) is 0 Å². The first-order valence-corrected chi connectivity index (χ1v) is 5.46. The first-order chi connectivity index (χ1) is 6.76. The Hall–Kier alpha value is -0.380. The largest absolute Gasteiger partial charge is 0.376 e. The van der Waals surface area contributed by atoms with Crippen molar-refractivity contribution in [3.63, 3.8) is 0 Å². The van der Waals surface area contributed by atoms with Crippen LogP contribution in [0.5, 0.6) is 0 Å². The van der Waals surface area contributed by atoms with Crippen molar-refractivity contribution in [1.82, 2.24) is 4.90 Å². The van der Waals surface area contributed by atoms with E-state index in [0.29, 0.717) is 6.54 Å². The predicted molar refractivity (Wildman–Crippen MR) is 59.3 cm³/mol. The van der Waals surface area contributed by atoms with Gasteiger partial charge < -0.3 is 10.5 Å². The van der Waals surface area contributed by atoms with Crippen molar-refractivity contribution < 1.29 is 4.74 Å². The lowest BCUT2D eigenvalue weighted by atomic mass is 10.1. The van der Waals surface area contributed by atoms with Crippen molar-refractivity contribution in [2.45, 2.75) is 26.4 Å². The van der Waals surface area contributed by atoms with Crippen molar-refractivity contribution in [3.8, 4) is 0 Å². The van der Waals surface area contributed by atoms with Crippen LogP contribution in [0.3, 0.4) is 0 Å². The van der Waals surface area contributed by atoms with Crippen LogP contribution in [0.4, 0.5) is 0 Å². The molecular weight excluding hydrogens is 176 g/mol. The molecule has 1 unspecified atom stereocenters. The van der Waals surface area contributed by atoms with Crippen LogP contribution in [0.1, 0.15) is 20.3 Å². The van der Waals surface area contributed by atoms with Crippen LogP contribution in [0.15, 0.2) is 11.6 Å². The van der Waals surface area contributed by atoms with E-state index in [-0.39, 0.29) is 6.10 Å². The highest BCUT2D eigenvalue weighted by atomic mass is 16.5. The van der Waals surface area contributed by atoms with Crippen LogP contribution in [-0.4, -0.2) is 43.8 Å². The second-order valence-corrected chi connectivity index (χ2v) is 3.87. The van der Waals surface area contributed by atoms with E-state index in [0.717, 1.165) is 26.2 Å². The number of rotatable bonds is 5. The molecule has 1 heterocycles. The van der Waals surface area contributed by atoms with E-state index in [2.05, 4.69) is 17.9 Å². The van der Waals surface area contributed by atoms with Gasteiger partial charge >= 0.3 is 0 Å². The molecule has 0 radical (unpaired) electrons. The molecule has 0 saturated heterocycles. The summed E-state index contributed by atoms with van der Waals surface area (Å²) in [6.07, 6.45) is 3.68. The molecular formula is C11H22N2O. The molecule has 3 heteroatoms. The maximum Gasteiger partial charge on any atom is 0.0823 e. The topological polar surface area (TPSA) is 38.5 Å². The standard InChI is InChI=1S/C11H22N2O/c1-3-14-11(8-12)9-13-6-4-10(2)5-7-13/h4,11H,3,5-9,12H2,1-2H3. The number of nitrogens with zero attached hydrogens (tertiary/aromatic N) is 1. The lowest BCUT2D eigenvalue weighted by Crippen LogP contribution is -2.40. The summed E-state index contributed by atoms with van der Waals surface area (Å²) in [5.41, 5.74) is 7.14. The van der Waals surface area contributed by atoms with E-state index < -0.39 is 0 Å². The van der Waals surface area contributed by atoms with Crippen LogP contribution in [0.25, 0.3) is 0 Å². The highest BCUT2D eigenvalue weighted by Crippen LogP contribution is 2.10. The summed E-state index contributed by atoms with van der Waals surface area (Å²) >= 11 is 0. The molecule has 2 N–H and O–H groups in total. The minimum absolute atomic E-state index is 0.201. The highest BCUT2D eigenvalue weighted by Gasteiger charge is 2.14. The van der Waals surface area contributed by atoms with Gasteiger partial charge in [0.2, 0.25) is 0 Å². The molecule has 0 fully saturated rings. The van der Waals surface area contributed by atoms with Gasteiger partial charge in [0.05, 0.1) is 6.10 Å². The maximum absolute atomic E-state index is 5.64. The molecule has 0 aromatic rings. The Morgan fingerprint density at radius 3 is 2.93 bits per heavy atom. The van der Waals surface area contributed by atoms with Crippen LogP contribution < -0.4 is 5.73 Å². The van der Waals surface area contributed by atoms with Crippen LogP contribution in [0, 0.1) is 0 Å². The fourth-order valence-electron chi connectivity index (χ4n) is 1.70. The molecule has 14 heavy (non-hydrogen) atoms. The Bertz CT molecular complexity index is 192. The van der Waals surface area contributed by atoms with Crippen molar-refractivity contribution >= 4 is 0 Å². The Kier molecular flexibility index (Phi) is 5.15. The second kappa shape index (κ2) is 6.17. The first-order valence-electron chi connectivity index (χ1n) is 5.46. The number of nitrogens with two attached hydrogens (primary N) is 1. The zero-order valence-electron chi connectivity index (χ0n) is 9.33. The average Bonchev–Trinajstić information content (AvgIpc) is 2.20. The lowest BCUT2D eigenvalue weighted by Gasteiger charge is -2.28. The van der Waals surface area contributed by atoms with Gasteiger partial charge in [0.25, 0.3) is 0 Å². The Balaban J connectivity index is 2.29. The summed E-state index contributed by atoms with van der Waals surface area (Å²) in [5, 5.41) is 0. The van der Waals surface area contributed by atoms with E-state index in [4.69, 9.17) is 10.5 Å². The summed E-state index contributed by atoms with van der Waals surface area (Å²) in [6, 6.07) is 0. The second-order valence-electron chi connectivity index (χ2n) is 3.87. The monoisotopic (exact) mass is 198 g/mol. The van der Waals surface area contributed by atoms with Crippen molar-refractivity contribution in [2.24, 2.45) is 5.73 Å². The predicted octanol–water partition coefficient (Wildman–Crippen LogP) is 1.00. The minimum atomic E-state index is 0.201. The molecule has 0 bridgehead atoms. The molecule has 1 aliphatic rings. The Morgan fingerprint density at radius 1 is 1.64 bits per heavy atom. The van der Waals surface area contributed by atoms with Crippen molar-refractivity contribution in [3.05, 3.63) is 11.6 Å². The van der Waals surface area contributed by atoms with Gasteiger partial charge in [0, 0.05) is 32.8 Å². The first kappa shape index (κ1) is 11.7. The van der Waals surface area contributed by atoms with Crippen molar-refractivity contribution in [2.75, 3.05) is 32.8 Å². The van der Waals surface area contributed by atoms with Gasteiger partial charge in [-0.05, 0) is 20.3 Å². The minimum Gasteiger partial charge on any atom is -0.376 e. The van der Waals surface area contributed by atoms with Gasteiger partial charge in [-0.15, -0.1) is 0 Å². The van der Waals surface area contributed by atoms with Gasteiger partial charge in [-0.1, -0.05) is 11.6 Å². The fourth-order valence-corrected chi connectivity index (χ4v) is 1.70.